The maximum Gasteiger partial charge on any atom is 0.337 e. The van der Waals surface area contributed by atoms with Gasteiger partial charge >= 0.3 is 11.9 Å². The summed E-state index contributed by atoms with van der Waals surface area (Å²) in [7, 11) is 1.61. The standard InChI is InChI=1S/C22H17NO5/c1-26-15-9-7-14(8-10-15)23-16-11-27-21(24)19(16)18(13-5-3-2-4-6-13)20-17(23)12-28-22(20)25/h2-10,18H,11-12H2,1H3. The van der Waals surface area contributed by atoms with Crippen molar-refractivity contribution in [3.63, 3.8) is 0 Å². The van der Waals surface area contributed by atoms with Gasteiger partial charge in [-0.05, 0) is 29.8 Å². The van der Waals surface area contributed by atoms with Crippen molar-refractivity contribution < 1.29 is 23.8 Å². The zero-order valence-corrected chi connectivity index (χ0v) is 15.2. The molecule has 140 valence electrons. The van der Waals surface area contributed by atoms with Crippen LogP contribution < -0.4 is 9.64 Å². The highest BCUT2D eigenvalue weighted by atomic mass is 16.5. The minimum Gasteiger partial charge on any atom is -0.497 e. The van der Waals surface area contributed by atoms with Crippen LogP contribution in [0.4, 0.5) is 5.69 Å². The molecule has 0 radical (unpaired) electrons. The van der Waals surface area contributed by atoms with Gasteiger partial charge in [-0.15, -0.1) is 0 Å². The zero-order valence-electron chi connectivity index (χ0n) is 15.2. The number of ether oxygens (including phenoxy) is 3. The summed E-state index contributed by atoms with van der Waals surface area (Å²) in [6, 6.07) is 17.0. The van der Waals surface area contributed by atoms with E-state index in [0.29, 0.717) is 11.1 Å². The highest BCUT2D eigenvalue weighted by molar-refractivity contribution is 6.04. The molecule has 3 aliphatic rings. The van der Waals surface area contributed by atoms with Crippen molar-refractivity contribution in [3.8, 4) is 5.75 Å². The quantitative estimate of drug-likeness (QED) is 0.769. The molecule has 0 N–H and O–H groups in total. The van der Waals surface area contributed by atoms with Gasteiger partial charge in [0.15, 0.2) is 0 Å². The lowest BCUT2D eigenvalue weighted by Crippen LogP contribution is -2.32. The Hall–Kier alpha value is -3.54. The number of rotatable bonds is 3. The first-order valence-electron chi connectivity index (χ1n) is 8.98. The number of cyclic esters (lactones) is 2. The molecule has 0 saturated heterocycles. The first-order chi connectivity index (χ1) is 13.7. The highest BCUT2D eigenvalue weighted by Gasteiger charge is 2.48. The summed E-state index contributed by atoms with van der Waals surface area (Å²) in [5.41, 5.74) is 4.19. The molecule has 0 unspecified atom stereocenters. The molecule has 0 bridgehead atoms. The molecule has 0 spiro atoms. The molecular formula is C22H17NO5. The first kappa shape index (κ1) is 16.6. The molecule has 0 aromatic heterocycles. The van der Waals surface area contributed by atoms with E-state index in [0.717, 1.165) is 28.4 Å². The van der Waals surface area contributed by atoms with E-state index in [9.17, 15) is 9.59 Å². The molecule has 0 saturated carbocycles. The first-order valence-corrected chi connectivity index (χ1v) is 8.98. The Labute approximate surface area is 161 Å². The summed E-state index contributed by atoms with van der Waals surface area (Å²) in [5.74, 6) is -0.545. The Balaban J connectivity index is 1.72. The Morgan fingerprint density at radius 2 is 1.43 bits per heavy atom. The molecule has 0 fully saturated rings. The second-order valence-electron chi connectivity index (χ2n) is 6.75. The average molecular weight is 375 g/mol. The van der Waals surface area contributed by atoms with Gasteiger partial charge < -0.3 is 19.1 Å². The number of nitrogens with zero attached hydrogens (tertiary/aromatic N) is 1. The summed E-state index contributed by atoms with van der Waals surface area (Å²) in [6.45, 7) is 0.322. The maximum absolute atomic E-state index is 12.7. The Kier molecular flexibility index (Phi) is 3.72. The fourth-order valence-corrected chi connectivity index (χ4v) is 4.08. The number of carbonyl (C=O) groups is 2. The summed E-state index contributed by atoms with van der Waals surface area (Å²) in [4.78, 5) is 27.2. The van der Waals surface area contributed by atoms with Crippen LogP contribution in [0, 0.1) is 0 Å². The molecule has 0 atom stereocenters. The lowest BCUT2D eigenvalue weighted by molar-refractivity contribution is -0.136. The highest BCUT2D eigenvalue weighted by Crippen LogP contribution is 2.48. The lowest BCUT2D eigenvalue weighted by atomic mass is 9.80. The number of hydrogen-bond acceptors (Lipinski definition) is 6. The molecular weight excluding hydrogens is 358 g/mol. The Bertz CT molecular complexity index is 994. The minimum atomic E-state index is -0.481. The predicted molar refractivity (Wildman–Crippen MR) is 101 cm³/mol. The molecule has 0 amide bonds. The molecule has 28 heavy (non-hydrogen) atoms. The van der Waals surface area contributed by atoms with Crippen LogP contribution in [-0.2, 0) is 19.1 Å². The predicted octanol–water partition coefficient (Wildman–Crippen LogP) is 2.92. The van der Waals surface area contributed by atoms with E-state index in [4.69, 9.17) is 14.2 Å². The topological polar surface area (TPSA) is 65.1 Å². The Morgan fingerprint density at radius 1 is 0.857 bits per heavy atom. The molecule has 0 aliphatic carbocycles. The van der Waals surface area contributed by atoms with E-state index in [-0.39, 0.29) is 13.2 Å². The SMILES string of the molecule is COc1ccc(N2C3=C(C(=O)OC3)C(c3ccccc3)C3=C2COC3=O)cc1. The monoisotopic (exact) mass is 375 g/mol. The van der Waals surface area contributed by atoms with Crippen LogP contribution >= 0.6 is 0 Å². The normalized spacial score (nSPS) is 18.8. The van der Waals surface area contributed by atoms with E-state index >= 15 is 0 Å². The smallest absolute Gasteiger partial charge is 0.337 e. The number of methoxy groups -OCH3 is 1. The third-order valence-electron chi connectivity index (χ3n) is 5.32. The number of carbonyl (C=O) groups excluding carboxylic acids is 2. The average Bonchev–Trinajstić information content (AvgIpc) is 3.31. The molecule has 6 heteroatoms. The third-order valence-corrected chi connectivity index (χ3v) is 5.32. The van der Waals surface area contributed by atoms with Crippen molar-refractivity contribution in [1.82, 2.24) is 0 Å². The third kappa shape index (κ3) is 2.34. The van der Waals surface area contributed by atoms with Crippen molar-refractivity contribution >= 4 is 17.6 Å². The molecule has 6 nitrogen and oxygen atoms in total. The zero-order chi connectivity index (χ0) is 19.3. The lowest BCUT2D eigenvalue weighted by Gasteiger charge is -2.33. The van der Waals surface area contributed by atoms with Crippen molar-refractivity contribution in [2.24, 2.45) is 0 Å². The van der Waals surface area contributed by atoms with Gasteiger partial charge in [0.05, 0.1) is 35.6 Å². The number of esters is 2. The van der Waals surface area contributed by atoms with Crippen LogP contribution in [-0.4, -0.2) is 32.3 Å². The van der Waals surface area contributed by atoms with Gasteiger partial charge in [0.25, 0.3) is 0 Å². The van der Waals surface area contributed by atoms with Crippen LogP contribution in [0.15, 0.2) is 77.1 Å². The summed E-state index contributed by atoms with van der Waals surface area (Å²) < 4.78 is 16.0. The van der Waals surface area contributed by atoms with Crippen molar-refractivity contribution in [2.75, 3.05) is 25.2 Å². The van der Waals surface area contributed by atoms with E-state index in [2.05, 4.69) is 0 Å². The second-order valence-corrected chi connectivity index (χ2v) is 6.75. The molecule has 5 rings (SSSR count). The van der Waals surface area contributed by atoms with Crippen LogP contribution in [0.3, 0.4) is 0 Å². The fraction of sp³-hybridized carbons (Fsp3) is 0.182. The molecule has 2 aromatic carbocycles. The van der Waals surface area contributed by atoms with Crippen molar-refractivity contribution in [1.29, 1.82) is 0 Å². The molecule has 2 aromatic rings. The number of anilines is 1. The second kappa shape index (κ2) is 6.27. The van der Waals surface area contributed by atoms with E-state index in [1.54, 1.807) is 7.11 Å². The van der Waals surface area contributed by atoms with E-state index < -0.39 is 17.9 Å². The summed E-state index contributed by atoms with van der Waals surface area (Å²) in [6.07, 6.45) is 0. The van der Waals surface area contributed by atoms with Crippen LogP contribution in [0.1, 0.15) is 11.5 Å². The summed E-state index contributed by atoms with van der Waals surface area (Å²) >= 11 is 0. The van der Waals surface area contributed by atoms with Gasteiger partial charge in [0, 0.05) is 5.69 Å². The fourth-order valence-electron chi connectivity index (χ4n) is 4.08. The van der Waals surface area contributed by atoms with E-state index in [1.807, 2.05) is 59.5 Å². The minimum absolute atomic E-state index is 0.161. The number of benzene rings is 2. The van der Waals surface area contributed by atoms with Crippen LogP contribution in [0.2, 0.25) is 0 Å². The van der Waals surface area contributed by atoms with Crippen molar-refractivity contribution in [3.05, 3.63) is 82.7 Å². The van der Waals surface area contributed by atoms with Crippen LogP contribution in [0.5, 0.6) is 5.75 Å². The van der Waals surface area contributed by atoms with Gasteiger partial charge in [-0.3, -0.25) is 0 Å². The van der Waals surface area contributed by atoms with Gasteiger partial charge in [-0.2, -0.15) is 0 Å². The van der Waals surface area contributed by atoms with Gasteiger partial charge in [-0.25, -0.2) is 9.59 Å². The van der Waals surface area contributed by atoms with Gasteiger partial charge in [0.2, 0.25) is 0 Å². The maximum atomic E-state index is 12.7. The van der Waals surface area contributed by atoms with Gasteiger partial charge in [0.1, 0.15) is 19.0 Å². The van der Waals surface area contributed by atoms with Gasteiger partial charge in [-0.1, -0.05) is 30.3 Å². The number of hydrogen-bond donors (Lipinski definition) is 0. The molecule has 3 aliphatic heterocycles. The Morgan fingerprint density at radius 3 is 1.96 bits per heavy atom. The summed E-state index contributed by atoms with van der Waals surface area (Å²) in [5, 5.41) is 0. The van der Waals surface area contributed by atoms with Crippen LogP contribution in [0.25, 0.3) is 0 Å². The molecule has 3 heterocycles. The van der Waals surface area contributed by atoms with E-state index in [1.165, 1.54) is 0 Å². The largest absolute Gasteiger partial charge is 0.497 e. The van der Waals surface area contributed by atoms with Crippen molar-refractivity contribution in [2.45, 2.75) is 5.92 Å².